The van der Waals surface area contributed by atoms with E-state index in [1.54, 1.807) is 0 Å². The van der Waals surface area contributed by atoms with Crippen LogP contribution in [0.5, 0.6) is 0 Å². The van der Waals surface area contributed by atoms with Crippen LogP contribution in [0.4, 0.5) is 0 Å². The van der Waals surface area contributed by atoms with Gasteiger partial charge in [-0.1, -0.05) is 12.1 Å². The summed E-state index contributed by atoms with van der Waals surface area (Å²) in [5, 5.41) is 0. The fraction of sp³-hybridized carbons (Fsp3) is 0.455. The first kappa shape index (κ1) is 6.10. The Labute approximate surface area is 98.0 Å². The Hall–Kier alpha value is -1.58. The summed E-state index contributed by atoms with van der Waals surface area (Å²) in [7, 11) is 1.98. The number of rotatable bonds is 6. The molecule has 0 N–H and O–H groups in total. The smallest absolute Gasteiger partial charge is 0.323 e. The van der Waals surface area contributed by atoms with Gasteiger partial charge in [-0.2, -0.15) is 0 Å². The van der Waals surface area contributed by atoms with Gasteiger partial charge in [0.2, 0.25) is 0 Å². The maximum Gasteiger partial charge on any atom is 0.323 e. The molecule has 0 radical (unpaired) electrons. The van der Waals surface area contributed by atoms with E-state index in [0.29, 0.717) is 0 Å². The maximum atomic E-state index is 12.0. The van der Waals surface area contributed by atoms with E-state index in [-0.39, 0.29) is 0 Å². The van der Waals surface area contributed by atoms with Gasteiger partial charge in [0, 0.05) is 0 Å². The Bertz CT molecular complexity index is 433. The van der Waals surface area contributed by atoms with E-state index in [1.165, 1.54) is 0 Å². The fourth-order valence-corrected chi connectivity index (χ4v) is 1.13. The van der Waals surface area contributed by atoms with Crippen LogP contribution in [0, 0.1) is 5.41 Å². The second-order valence-corrected chi connectivity index (χ2v) is 2.77. The van der Waals surface area contributed by atoms with E-state index in [4.69, 9.17) is 8.22 Å². The van der Waals surface area contributed by atoms with Crippen molar-refractivity contribution in [3.8, 4) is 0 Å². The second-order valence-electron chi connectivity index (χ2n) is 2.77. The van der Waals surface area contributed by atoms with Crippen LogP contribution in [0.15, 0.2) is 25.2 Å². The third kappa shape index (κ3) is 2.68. The average Bonchev–Trinajstić information content (AvgIpc) is 2.43. The van der Waals surface area contributed by atoms with E-state index in [2.05, 4.69) is 9.47 Å². The van der Waals surface area contributed by atoms with Gasteiger partial charge in [0.25, 0.3) is 0 Å². The molecule has 4 nitrogen and oxygen atoms in total. The maximum absolute atomic E-state index is 12.0. The van der Waals surface area contributed by atoms with Crippen molar-refractivity contribution in [3.63, 3.8) is 0 Å². The van der Waals surface area contributed by atoms with Gasteiger partial charge in [-0.05, 0) is 12.8 Å². The SMILES string of the molecule is [2H]C([2H])=C([2H])CC(CC([2H])=C([2H])[2H])(C(=O)OC)C(=O)OC. The molecular weight excluding hydrogens is 196 g/mol. The predicted octanol–water partition coefficient (Wildman–Crippen LogP) is 1.47. The fourth-order valence-electron chi connectivity index (χ4n) is 1.13. The number of hydrogen-bond acceptors (Lipinski definition) is 4. The van der Waals surface area contributed by atoms with Gasteiger partial charge >= 0.3 is 11.9 Å². The Morgan fingerprint density at radius 2 is 1.67 bits per heavy atom. The summed E-state index contributed by atoms with van der Waals surface area (Å²) < 4.78 is 52.2. The van der Waals surface area contributed by atoms with Gasteiger partial charge < -0.3 is 9.47 Å². The molecule has 0 fully saturated rings. The molecule has 0 saturated heterocycles. The Balaban J connectivity index is 6.00. The van der Waals surface area contributed by atoms with Crippen LogP contribution in [0.25, 0.3) is 0 Å². The van der Waals surface area contributed by atoms with Gasteiger partial charge in [0.05, 0.1) is 22.4 Å². The third-order valence-electron chi connectivity index (χ3n) is 1.93. The van der Waals surface area contributed by atoms with Gasteiger partial charge in [-0.3, -0.25) is 9.59 Å². The van der Waals surface area contributed by atoms with Crippen molar-refractivity contribution in [2.24, 2.45) is 5.41 Å². The van der Waals surface area contributed by atoms with Crippen molar-refractivity contribution in [1.82, 2.24) is 0 Å². The lowest BCUT2D eigenvalue weighted by atomic mass is 9.81. The zero-order valence-electron chi connectivity index (χ0n) is 14.5. The highest BCUT2D eigenvalue weighted by molar-refractivity contribution is 6.00. The molecule has 0 aromatic heterocycles. The van der Waals surface area contributed by atoms with Crippen molar-refractivity contribution < 1.29 is 27.3 Å². The van der Waals surface area contributed by atoms with Crippen molar-refractivity contribution in [1.29, 1.82) is 0 Å². The molecule has 4 heteroatoms. The summed E-state index contributed by atoms with van der Waals surface area (Å²) in [5.41, 5.74) is -2.17. The highest BCUT2D eigenvalue weighted by Gasteiger charge is 2.46. The Morgan fingerprint density at radius 3 is 1.93 bits per heavy atom. The zero-order chi connectivity index (χ0) is 16.8. The molecule has 0 aliphatic heterocycles. The monoisotopic (exact) mass is 218 g/mol. The first-order chi connectivity index (χ1) is 9.62. The summed E-state index contributed by atoms with van der Waals surface area (Å²) in [4.78, 5) is 23.9. The molecular formula is C11H16O4. The number of hydrogen-bond donors (Lipinski definition) is 0. The van der Waals surface area contributed by atoms with Crippen LogP contribution < -0.4 is 0 Å². The molecule has 15 heavy (non-hydrogen) atoms. The van der Waals surface area contributed by atoms with Crippen molar-refractivity contribution >= 4 is 11.9 Å². The topological polar surface area (TPSA) is 52.6 Å². The minimum Gasteiger partial charge on any atom is -0.468 e. The highest BCUT2D eigenvalue weighted by Crippen LogP contribution is 2.31. The van der Waals surface area contributed by atoms with Crippen LogP contribution in [-0.2, 0) is 19.1 Å². The number of esters is 2. The quantitative estimate of drug-likeness (QED) is 0.385. The van der Waals surface area contributed by atoms with Crippen molar-refractivity contribution in [2.45, 2.75) is 12.8 Å². The second kappa shape index (κ2) is 6.01. The molecule has 0 heterocycles. The van der Waals surface area contributed by atoms with Crippen LogP contribution in [0.2, 0.25) is 0 Å². The first-order valence-corrected chi connectivity index (χ1v) is 4.05. The molecule has 0 unspecified atom stereocenters. The molecule has 84 valence electrons. The van der Waals surface area contributed by atoms with Crippen molar-refractivity contribution in [3.05, 3.63) is 25.2 Å². The summed E-state index contributed by atoms with van der Waals surface area (Å²) in [6.45, 7) is -1.81. The highest BCUT2D eigenvalue weighted by atomic mass is 16.5. The van der Waals surface area contributed by atoms with E-state index in [9.17, 15) is 9.59 Å². The molecule has 0 saturated carbocycles. The molecule has 0 rings (SSSR count). The molecule has 0 aromatic carbocycles. The van der Waals surface area contributed by atoms with E-state index in [1.807, 2.05) is 0 Å². The van der Waals surface area contributed by atoms with Crippen LogP contribution in [0.3, 0.4) is 0 Å². The van der Waals surface area contributed by atoms with E-state index >= 15 is 0 Å². The lowest BCUT2D eigenvalue weighted by molar-refractivity contribution is -0.168. The number of allylic oxidation sites excluding steroid dienone is 2. The van der Waals surface area contributed by atoms with Gasteiger partial charge in [0.1, 0.15) is 0 Å². The largest absolute Gasteiger partial charge is 0.468 e. The molecule has 0 bridgehead atoms. The molecule has 0 aliphatic carbocycles. The number of carbonyl (C=O) groups excluding carboxylic acids is 2. The summed E-state index contributed by atoms with van der Waals surface area (Å²) >= 11 is 0. The lowest BCUT2D eigenvalue weighted by Gasteiger charge is -2.25. The Kier molecular flexibility index (Phi) is 2.44. The van der Waals surface area contributed by atoms with Crippen LogP contribution >= 0.6 is 0 Å². The minimum atomic E-state index is -2.17. The standard InChI is InChI=1S/C11H16O4/c1-5-7-11(8-6-2,9(12)14-3)10(13)15-4/h5-6H,1-2,7-8H2,3-4H3/i1D2,2D2,5D,6D. The van der Waals surface area contributed by atoms with Crippen molar-refractivity contribution in [2.75, 3.05) is 14.2 Å². The third-order valence-corrected chi connectivity index (χ3v) is 1.93. The molecule has 0 spiro atoms. The molecule has 0 aromatic rings. The van der Waals surface area contributed by atoms with Crippen LogP contribution in [-0.4, -0.2) is 26.2 Å². The normalized spacial score (nSPS) is 15.3. The van der Waals surface area contributed by atoms with Gasteiger partial charge in [-0.25, -0.2) is 0 Å². The number of carbonyl (C=O) groups is 2. The van der Waals surface area contributed by atoms with Gasteiger partial charge in [0.15, 0.2) is 5.41 Å². The predicted molar refractivity (Wildman–Crippen MR) is 56.1 cm³/mol. The number of ether oxygens (including phenoxy) is 2. The first-order valence-electron chi connectivity index (χ1n) is 7.05. The van der Waals surface area contributed by atoms with Crippen LogP contribution in [0.1, 0.15) is 21.1 Å². The van der Waals surface area contributed by atoms with E-state index < -0.39 is 55.4 Å². The summed E-state index contributed by atoms with van der Waals surface area (Å²) in [5.74, 6) is -2.24. The lowest BCUT2D eigenvalue weighted by Crippen LogP contribution is -2.40. The molecule has 0 aliphatic rings. The summed E-state index contributed by atoms with van der Waals surface area (Å²) in [6, 6.07) is -1.26. The van der Waals surface area contributed by atoms with E-state index in [0.717, 1.165) is 14.2 Å². The summed E-state index contributed by atoms with van der Waals surface area (Å²) in [6.07, 6.45) is -1.38. The van der Waals surface area contributed by atoms with Gasteiger partial charge in [-0.15, -0.1) is 13.1 Å². The zero-order valence-corrected chi connectivity index (χ0v) is 8.55. The minimum absolute atomic E-state index is 0.630. The molecule has 0 amide bonds. The Morgan fingerprint density at radius 1 is 1.27 bits per heavy atom. The average molecular weight is 218 g/mol. The molecule has 0 atom stereocenters. The number of methoxy groups -OCH3 is 2.